The number of ether oxygens (including phenoxy) is 1. The van der Waals surface area contributed by atoms with Gasteiger partial charge in [-0.25, -0.2) is 8.78 Å². The summed E-state index contributed by atoms with van der Waals surface area (Å²) in [5.41, 5.74) is 4.10. The molecular formula is C42H51F3O. The minimum atomic E-state index is -0.968. The highest BCUT2D eigenvalue weighted by Crippen LogP contribution is 2.42. The minimum absolute atomic E-state index is 0.0563. The zero-order chi connectivity index (χ0) is 32.3. The fraction of sp³-hybridized carbons (Fsp3) is 0.476. The highest BCUT2D eigenvalue weighted by Gasteiger charge is 2.28. The van der Waals surface area contributed by atoms with E-state index in [0.29, 0.717) is 23.3 Å². The highest BCUT2D eigenvalue weighted by atomic mass is 19.2. The van der Waals surface area contributed by atoms with Crippen molar-refractivity contribution < 1.29 is 17.9 Å². The molecule has 0 saturated heterocycles. The van der Waals surface area contributed by atoms with Crippen molar-refractivity contribution in [3.8, 4) is 28.0 Å². The molecule has 3 aromatic rings. The first kappa shape index (κ1) is 34.1. The summed E-state index contributed by atoms with van der Waals surface area (Å²) in [6.07, 6.45) is 22.1. The summed E-state index contributed by atoms with van der Waals surface area (Å²) in [5, 5.41) is 0. The van der Waals surface area contributed by atoms with Gasteiger partial charge in [0, 0.05) is 11.1 Å². The fourth-order valence-electron chi connectivity index (χ4n) is 7.56. The number of rotatable bonds is 15. The smallest absolute Gasteiger partial charge is 0.201 e. The number of hydrogen-bond donors (Lipinski definition) is 0. The molecule has 3 aromatic carbocycles. The SMILES string of the molecule is C=CCCC1CCC(C2CC=C(c3ccc(-c4ccc(-c5ccc(OCCCCCCCC)c(F)c5F)cc4)c(F)c3)CC2)CC1. The third-order valence-electron chi connectivity index (χ3n) is 10.4. The number of unbranched alkanes of at least 4 members (excludes halogenated alkanes) is 5. The van der Waals surface area contributed by atoms with Crippen LogP contribution in [0.5, 0.6) is 5.75 Å². The Morgan fingerprint density at radius 1 is 0.739 bits per heavy atom. The maximum atomic E-state index is 15.4. The van der Waals surface area contributed by atoms with Crippen molar-refractivity contribution in [3.05, 3.63) is 96.3 Å². The summed E-state index contributed by atoms with van der Waals surface area (Å²) in [6, 6.07) is 15.5. The Bertz CT molecular complexity index is 1450. The topological polar surface area (TPSA) is 9.23 Å². The molecule has 0 bridgehead atoms. The average Bonchev–Trinajstić information content (AvgIpc) is 3.09. The van der Waals surface area contributed by atoms with Crippen LogP contribution in [0.15, 0.2) is 73.3 Å². The van der Waals surface area contributed by atoms with E-state index in [9.17, 15) is 4.39 Å². The fourth-order valence-corrected chi connectivity index (χ4v) is 7.56. The van der Waals surface area contributed by atoms with Crippen molar-refractivity contribution in [2.24, 2.45) is 17.8 Å². The van der Waals surface area contributed by atoms with E-state index >= 15 is 8.78 Å². The normalized spacial score (nSPS) is 19.9. The summed E-state index contributed by atoms with van der Waals surface area (Å²) in [7, 11) is 0. The van der Waals surface area contributed by atoms with Crippen LogP contribution in [0, 0.1) is 35.2 Å². The van der Waals surface area contributed by atoms with Crippen LogP contribution in [0.3, 0.4) is 0 Å². The van der Waals surface area contributed by atoms with Gasteiger partial charge in [0.1, 0.15) is 5.82 Å². The summed E-state index contributed by atoms with van der Waals surface area (Å²) < 4.78 is 50.8. The molecule has 0 aliphatic heterocycles. The van der Waals surface area contributed by atoms with Crippen LogP contribution in [-0.2, 0) is 0 Å². The van der Waals surface area contributed by atoms with Crippen LogP contribution in [0.2, 0.25) is 0 Å². The molecule has 46 heavy (non-hydrogen) atoms. The van der Waals surface area contributed by atoms with Crippen molar-refractivity contribution in [1.29, 1.82) is 0 Å². The lowest BCUT2D eigenvalue weighted by molar-refractivity contribution is 0.190. The number of halogens is 3. The standard InChI is InChI=1S/C42H51F3O/c1-3-5-7-8-9-10-28-46-40-27-26-38(41(44)42(40)45)35-22-20-34(21-23-35)37-25-24-36(29-39(37)43)33-18-16-32(17-19-33)31-14-12-30(13-15-31)11-6-4-2/h4,18,20-27,29-32H,2-3,5-17,19,28H2,1H3. The van der Waals surface area contributed by atoms with Gasteiger partial charge in [0.25, 0.3) is 0 Å². The Labute approximate surface area is 275 Å². The third-order valence-corrected chi connectivity index (χ3v) is 10.4. The van der Waals surface area contributed by atoms with E-state index in [0.717, 1.165) is 61.8 Å². The predicted octanol–water partition coefficient (Wildman–Crippen LogP) is 13.1. The largest absolute Gasteiger partial charge is 0.490 e. The van der Waals surface area contributed by atoms with Gasteiger partial charge in [-0.1, -0.05) is 100 Å². The summed E-state index contributed by atoms with van der Waals surface area (Å²) >= 11 is 0. The Morgan fingerprint density at radius 3 is 2.09 bits per heavy atom. The second-order valence-corrected chi connectivity index (χ2v) is 13.5. The van der Waals surface area contributed by atoms with Gasteiger partial charge >= 0.3 is 0 Å². The van der Waals surface area contributed by atoms with E-state index in [1.807, 2.05) is 18.2 Å². The molecule has 1 unspecified atom stereocenters. The van der Waals surface area contributed by atoms with E-state index in [4.69, 9.17) is 4.74 Å². The molecule has 0 amide bonds. The van der Waals surface area contributed by atoms with E-state index in [1.165, 1.54) is 69.4 Å². The Kier molecular flexibility index (Phi) is 12.6. The predicted molar refractivity (Wildman–Crippen MR) is 186 cm³/mol. The zero-order valence-electron chi connectivity index (χ0n) is 27.6. The molecule has 1 fully saturated rings. The van der Waals surface area contributed by atoms with Gasteiger partial charge in [-0.15, -0.1) is 6.58 Å². The quantitative estimate of drug-likeness (QED) is 0.120. The van der Waals surface area contributed by atoms with Crippen LogP contribution in [0.25, 0.3) is 27.8 Å². The molecule has 1 nitrogen and oxygen atoms in total. The van der Waals surface area contributed by atoms with E-state index < -0.39 is 11.6 Å². The molecule has 5 rings (SSSR count). The van der Waals surface area contributed by atoms with Gasteiger partial charge < -0.3 is 4.74 Å². The van der Waals surface area contributed by atoms with Crippen molar-refractivity contribution >= 4 is 5.57 Å². The Hall–Kier alpha value is -3.27. The molecule has 0 heterocycles. The van der Waals surface area contributed by atoms with Crippen LogP contribution in [0.4, 0.5) is 13.2 Å². The van der Waals surface area contributed by atoms with Crippen molar-refractivity contribution in [1.82, 2.24) is 0 Å². The lowest BCUT2D eigenvalue weighted by atomic mass is 9.70. The molecule has 2 aliphatic carbocycles. The van der Waals surface area contributed by atoms with Gasteiger partial charge in [0.05, 0.1) is 6.61 Å². The van der Waals surface area contributed by atoms with Crippen molar-refractivity contribution in [2.75, 3.05) is 6.61 Å². The van der Waals surface area contributed by atoms with Gasteiger partial charge in [0.15, 0.2) is 11.6 Å². The molecule has 4 heteroatoms. The van der Waals surface area contributed by atoms with Crippen LogP contribution >= 0.6 is 0 Å². The number of benzene rings is 3. The lowest BCUT2D eigenvalue weighted by Gasteiger charge is -2.35. The summed E-state index contributed by atoms with van der Waals surface area (Å²) in [5.74, 6) is 0.225. The molecule has 0 spiro atoms. The number of allylic oxidation sites excluding steroid dienone is 3. The second-order valence-electron chi connectivity index (χ2n) is 13.5. The van der Waals surface area contributed by atoms with Gasteiger partial charge in [-0.3, -0.25) is 0 Å². The van der Waals surface area contributed by atoms with Crippen molar-refractivity contribution in [3.63, 3.8) is 0 Å². The maximum absolute atomic E-state index is 15.4. The Balaban J connectivity index is 1.16. The monoisotopic (exact) mass is 628 g/mol. The molecule has 1 atom stereocenters. The zero-order valence-corrected chi connectivity index (χ0v) is 27.6. The van der Waals surface area contributed by atoms with E-state index in [-0.39, 0.29) is 17.1 Å². The van der Waals surface area contributed by atoms with Gasteiger partial charge in [-0.2, -0.15) is 4.39 Å². The van der Waals surface area contributed by atoms with Crippen LogP contribution in [0.1, 0.15) is 109 Å². The second kappa shape index (κ2) is 17.0. The first-order valence-electron chi connectivity index (χ1n) is 17.8. The third kappa shape index (κ3) is 8.75. The average molecular weight is 629 g/mol. The summed E-state index contributed by atoms with van der Waals surface area (Å²) in [6.45, 7) is 6.42. The first-order chi connectivity index (χ1) is 22.5. The minimum Gasteiger partial charge on any atom is -0.490 e. The van der Waals surface area contributed by atoms with Gasteiger partial charge in [-0.05, 0) is 110 Å². The molecule has 2 aliphatic rings. The molecular weight excluding hydrogens is 577 g/mol. The molecule has 1 saturated carbocycles. The van der Waals surface area contributed by atoms with Crippen LogP contribution < -0.4 is 4.74 Å². The lowest BCUT2D eigenvalue weighted by Crippen LogP contribution is -2.23. The molecule has 0 radical (unpaired) electrons. The van der Waals surface area contributed by atoms with E-state index in [2.05, 4.69) is 19.6 Å². The molecule has 246 valence electrons. The van der Waals surface area contributed by atoms with Crippen molar-refractivity contribution in [2.45, 2.75) is 103 Å². The first-order valence-corrected chi connectivity index (χ1v) is 17.8. The van der Waals surface area contributed by atoms with E-state index in [1.54, 1.807) is 36.4 Å². The van der Waals surface area contributed by atoms with Gasteiger partial charge in [0.2, 0.25) is 5.82 Å². The summed E-state index contributed by atoms with van der Waals surface area (Å²) in [4.78, 5) is 0. The molecule has 0 aromatic heterocycles. The van der Waals surface area contributed by atoms with Crippen LogP contribution in [-0.4, -0.2) is 6.61 Å². The molecule has 0 N–H and O–H groups in total. The highest BCUT2D eigenvalue weighted by molar-refractivity contribution is 5.74. The number of hydrogen-bond acceptors (Lipinski definition) is 1. The Morgan fingerprint density at radius 2 is 1.41 bits per heavy atom. The maximum Gasteiger partial charge on any atom is 0.201 e.